The molecule has 94 valence electrons. The van der Waals surface area contributed by atoms with Gasteiger partial charge in [0.15, 0.2) is 0 Å². The van der Waals surface area contributed by atoms with E-state index in [9.17, 15) is 5.11 Å². The Labute approximate surface area is 102 Å². The molecule has 1 saturated carbocycles. The molecule has 1 heterocycles. The van der Waals surface area contributed by atoms with Gasteiger partial charge in [-0.2, -0.15) is 0 Å². The summed E-state index contributed by atoms with van der Waals surface area (Å²) < 4.78 is 0. The fraction of sp³-hybridized carbons (Fsp3) is 0.692. The Morgan fingerprint density at radius 2 is 2.06 bits per heavy atom. The van der Waals surface area contributed by atoms with Crippen LogP contribution in [-0.2, 0) is 0 Å². The van der Waals surface area contributed by atoms with E-state index < -0.39 is 0 Å². The zero-order valence-corrected chi connectivity index (χ0v) is 10.4. The molecule has 0 amide bonds. The second kappa shape index (κ2) is 5.96. The van der Waals surface area contributed by atoms with Crippen LogP contribution in [0.5, 0.6) is 0 Å². The molecule has 0 bridgehead atoms. The molecule has 4 heteroatoms. The number of nitrogens with one attached hydrogen (secondary N) is 1. The average Bonchev–Trinajstić information content (AvgIpc) is 2.37. The summed E-state index contributed by atoms with van der Waals surface area (Å²) in [6.07, 6.45) is 6.50. The molecule has 0 saturated heterocycles. The van der Waals surface area contributed by atoms with E-state index in [0.717, 1.165) is 24.5 Å². The molecule has 0 aromatic carbocycles. The van der Waals surface area contributed by atoms with Crippen LogP contribution in [0.15, 0.2) is 12.4 Å². The van der Waals surface area contributed by atoms with Gasteiger partial charge in [-0.25, -0.2) is 9.97 Å². The lowest BCUT2D eigenvalue weighted by Crippen LogP contribution is -2.28. The van der Waals surface area contributed by atoms with Crippen molar-refractivity contribution >= 4 is 5.82 Å². The number of aryl methyl sites for hydroxylation is 1. The molecule has 1 fully saturated rings. The fourth-order valence-corrected chi connectivity index (χ4v) is 2.58. The van der Waals surface area contributed by atoms with Crippen molar-refractivity contribution in [3.05, 3.63) is 18.1 Å². The number of rotatable bonds is 4. The zero-order valence-electron chi connectivity index (χ0n) is 10.4. The molecule has 1 aliphatic carbocycles. The molecule has 0 radical (unpaired) electrons. The van der Waals surface area contributed by atoms with Gasteiger partial charge in [-0.1, -0.05) is 12.8 Å². The zero-order chi connectivity index (χ0) is 12.1. The number of hydrogen-bond donors (Lipinski definition) is 2. The van der Waals surface area contributed by atoms with Gasteiger partial charge in [0.25, 0.3) is 0 Å². The van der Waals surface area contributed by atoms with Gasteiger partial charge in [0.2, 0.25) is 0 Å². The first-order chi connectivity index (χ1) is 8.29. The highest BCUT2D eigenvalue weighted by atomic mass is 16.3. The first-order valence-corrected chi connectivity index (χ1v) is 6.43. The van der Waals surface area contributed by atoms with Crippen LogP contribution in [0.1, 0.15) is 31.4 Å². The summed E-state index contributed by atoms with van der Waals surface area (Å²) in [5.74, 6) is 1.92. The van der Waals surface area contributed by atoms with Gasteiger partial charge in [-0.05, 0) is 31.6 Å². The minimum atomic E-state index is 0.315. The van der Waals surface area contributed by atoms with E-state index in [2.05, 4.69) is 15.3 Å². The molecule has 1 aromatic rings. The Balaban J connectivity index is 1.88. The summed E-state index contributed by atoms with van der Waals surface area (Å²) in [4.78, 5) is 8.26. The predicted octanol–water partition coefficient (Wildman–Crippen LogP) is 2.00. The number of aliphatic hydroxyl groups excluding tert-OH is 1. The largest absolute Gasteiger partial charge is 0.396 e. The van der Waals surface area contributed by atoms with Crippen molar-refractivity contribution in [2.24, 2.45) is 11.8 Å². The van der Waals surface area contributed by atoms with Gasteiger partial charge in [-0.3, -0.25) is 0 Å². The Morgan fingerprint density at radius 1 is 1.29 bits per heavy atom. The van der Waals surface area contributed by atoms with Crippen LogP contribution in [0.4, 0.5) is 5.82 Å². The summed E-state index contributed by atoms with van der Waals surface area (Å²) in [6, 6.07) is 1.96. The molecule has 1 aromatic heterocycles. The van der Waals surface area contributed by atoms with Crippen molar-refractivity contribution in [3.63, 3.8) is 0 Å². The van der Waals surface area contributed by atoms with Gasteiger partial charge in [0.05, 0.1) is 0 Å². The third-order valence-electron chi connectivity index (χ3n) is 3.65. The molecule has 4 nitrogen and oxygen atoms in total. The van der Waals surface area contributed by atoms with Crippen LogP contribution in [-0.4, -0.2) is 28.2 Å². The molecule has 2 N–H and O–H groups in total. The van der Waals surface area contributed by atoms with Crippen LogP contribution >= 0.6 is 0 Å². The Kier molecular flexibility index (Phi) is 4.31. The van der Waals surface area contributed by atoms with E-state index in [0.29, 0.717) is 18.4 Å². The smallest absolute Gasteiger partial charge is 0.129 e. The van der Waals surface area contributed by atoms with Gasteiger partial charge in [0, 0.05) is 24.9 Å². The van der Waals surface area contributed by atoms with Crippen molar-refractivity contribution in [2.75, 3.05) is 18.5 Å². The lowest BCUT2D eigenvalue weighted by Gasteiger charge is -2.30. The lowest BCUT2D eigenvalue weighted by molar-refractivity contribution is 0.141. The normalized spacial score (nSPS) is 24.6. The monoisotopic (exact) mass is 235 g/mol. The molecule has 1 aliphatic rings. The van der Waals surface area contributed by atoms with E-state index in [1.165, 1.54) is 19.3 Å². The number of nitrogens with zero attached hydrogens (tertiary/aromatic N) is 2. The van der Waals surface area contributed by atoms with E-state index in [4.69, 9.17) is 0 Å². The Bertz CT molecular complexity index is 356. The Morgan fingerprint density at radius 3 is 2.76 bits per heavy atom. The first kappa shape index (κ1) is 12.3. The molecule has 0 spiro atoms. The topological polar surface area (TPSA) is 58.0 Å². The number of hydrogen-bond acceptors (Lipinski definition) is 4. The highest BCUT2D eigenvalue weighted by Gasteiger charge is 2.24. The molecule has 17 heavy (non-hydrogen) atoms. The predicted molar refractivity (Wildman–Crippen MR) is 67.8 cm³/mol. The minimum absolute atomic E-state index is 0.315. The number of aliphatic hydroxyl groups is 1. The summed E-state index contributed by atoms with van der Waals surface area (Å²) >= 11 is 0. The van der Waals surface area contributed by atoms with Crippen LogP contribution in [0.25, 0.3) is 0 Å². The average molecular weight is 235 g/mol. The molecular formula is C13H21N3O. The second-order valence-electron chi connectivity index (χ2n) is 4.91. The lowest BCUT2D eigenvalue weighted by atomic mass is 9.79. The summed E-state index contributed by atoms with van der Waals surface area (Å²) in [5, 5.41) is 12.7. The number of anilines is 1. The standard InChI is InChI=1S/C13H21N3O/c1-10-6-13(16-9-15-10)14-7-11-4-2-3-5-12(11)8-17/h6,9,11-12,17H,2-5,7-8H2,1H3,(H,14,15,16). The maximum Gasteiger partial charge on any atom is 0.129 e. The molecule has 2 atom stereocenters. The summed E-state index contributed by atoms with van der Waals surface area (Å²) in [7, 11) is 0. The molecular weight excluding hydrogens is 214 g/mol. The van der Waals surface area contributed by atoms with Gasteiger partial charge < -0.3 is 10.4 Å². The molecule has 2 rings (SSSR count). The maximum absolute atomic E-state index is 9.35. The van der Waals surface area contributed by atoms with E-state index in [1.54, 1.807) is 6.33 Å². The summed E-state index contributed by atoms with van der Waals surface area (Å²) in [6.45, 7) is 3.18. The summed E-state index contributed by atoms with van der Waals surface area (Å²) in [5.41, 5.74) is 0.977. The van der Waals surface area contributed by atoms with E-state index in [-0.39, 0.29) is 0 Å². The Hall–Kier alpha value is -1.16. The van der Waals surface area contributed by atoms with Crippen molar-refractivity contribution in [1.82, 2.24) is 9.97 Å². The minimum Gasteiger partial charge on any atom is -0.396 e. The third kappa shape index (κ3) is 3.40. The van der Waals surface area contributed by atoms with Crippen LogP contribution in [0.3, 0.4) is 0 Å². The number of aromatic nitrogens is 2. The van der Waals surface area contributed by atoms with Crippen LogP contribution in [0, 0.1) is 18.8 Å². The first-order valence-electron chi connectivity index (χ1n) is 6.43. The van der Waals surface area contributed by atoms with E-state index in [1.807, 2.05) is 13.0 Å². The van der Waals surface area contributed by atoms with Crippen molar-refractivity contribution in [2.45, 2.75) is 32.6 Å². The highest BCUT2D eigenvalue weighted by molar-refractivity contribution is 5.34. The second-order valence-corrected chi connectivity index (χ2v) is 4.91. The van der Waals surface area contributed by atoms with Crippen molar-refractivity contribution in [1.29, 1.82) is 0 Å². The quantitative estimate of drug-likeness (QED) is 0.838. The molecule has 2 unspecified atom stereocenters. The van der Waals surface area contributed by atoms with Gasteiger partial charge in [-0.15, -0.1) is 0 Å². The van der Waals surface area contributed by atoms with Crippen LogP contribution in [0.2, 0.25) is 0 Å². The van der Waals surface area contributed by atoms with E-state index >= 15 is 0 Å². The van der Waals surface area contributed by atoms with Crippen LogP contribution < -0.4 is 5.32 Å². The highest BCUT2D eigenvalue weighted by Crippen LogP contribution is 2.29. The third-order valence-corrected chi connectivity index (χ3v) is 3.65. The van der Waals surface area contributed by atoms with Crippen molar-refractivity contribution < 1.29 is 5.11 Å². The van der Waals surface area contributed by atoms with Crippen molar-refractivity contribution in [3.8, 4) is 0 Å². The van der Waals surface area contributed by atoms with Gasteiger partial charge >= 0.3 is 0 Å². The SMILES string of the molecule is Cc1cc(NCC2CCCCC2CO)ncn1. The fourth-order valence-electron chi connectivity index (χ4n) is 2.58. The van der Waals surface area contributed by atoms with Gasteiger partial charge in [0.1, 0.15) is 12.1 Å². The maximum atomic E-state index is 9.35. The molecule has 0 aliphatic heterocycles.